The second-order valence-electron chi connectivity index (χ2n) is 5.77. The third-order valence-electron chi connectivity index (χ3n) is 4.19. The van der Waals surface area contributed by atoms with E-state index < -0.39 is 0 Å². The predicted octanol–water partition coefficient (Wildman–Crippen LogP) is 3.41. The monoisotopic (exact) mass is 295 g/mol. The van der Waals surface area contributed by atoms with Crippen molar-refractivity contribution < 1.29 is 4.79 Å². The van der Waals surface area contributed by atoms with Crippen LogP contribution in [0.2, 0.25) is 0 Å². The molecule has 3 rings (SSSR count). The van der Waals surface area contributed by atoms with Gasteiger partial charge in [-0.2, -0.15) is 0 Å². The van der Waals surface area contributed by atoms with E-state index in [0.29, 0.717) is 0 Å². The highest BCUT2D eigenvalue weighted by Crippen LogP contribution is 2.21. The van der Waals surface area contributed by atoms with Crippen molar-refractivity contribution in [3.63, 3.8) is 0 Å². The molecule has 1 aliphatic rings. The van der Waals surface area contributed by atoms with Gasteiger partial charge in [0.25, 0.3) is 0 Å². The lowest BCUT2D eigenvalue weighted by Gasteiger charge is -2.21. The summed E-state index contributed by atoms with van der Waals surface area (Å²) in [6.45, 7) is 2.03. The molecule has 0 unspecified atom stereocenters. The van der Waals surface area contributed by atoms with Gasteiger partial charge in [-0.1, -0.05) is 24.3 Å². The first-order chi connectivity index (χ1) is 10.7. The Morgan fingerprint density at radius 1 is 1.32 bits per heavy atom. The molecule has 2 atom stereocenters. The molecular weight excluding hydrogens is 274 g/mol. The summed E-state index contributed by atoms with van der Waals surface area (Å²) in [7, 11) is 0. The van der Waals surface area contributed by atoms with E-state index in [9.17, 15) is 4.79 Å². The Hall–Kier alpha value is -2.36. The first-order valence-electron chi connectivity index (χ1n) is 7.77. The number of carbonyl (C=O) groups excluding carboxylic acids is 1. The minimum Gasteiger partial charge on any atom is -0.349 e. The fourth-order valence-corrected chi connectivity index (χ4v) is 2.79. The van der Waals surface area contributed by atoms with Crippen LogP contribution in [-0.4, -0.2) is 15.5 Å². The van der Waals surface area contributed by atoms with Crippen molar-refractivity contribution in [3.05, 3.63) is 60.7 Å². The Labute approximate surface area is 130 Å². The molecule has 4 heteroatoms. The van der Waals surface area contributed by atoms with Gasteiger partial charge in [0.05, 0.1) is 12.4 Å². The van der Waals surface area contributed by atoms with Crippen LogP contribution < -0.4 is 5.32 Å². The molecule has 0 aliphatic heterocycles. The van der Waals surface area contributed by atoms with Gasteiger partial charge in [-0.15, -0.1) is 0 Å². The molecule has 4 nitrogen and oxygen atoms in total. The second kappa shape index (κ2) is 6.60. The zero-order chi connectivity index (χ0) is 15.4. The van der Waals surface area contributed by atoms with E-state index in [0.717, 1.165) is 30.5 Å². The van der Waals surface area contributed by atoms with Crippen molar-refractivity contribution in [2.24, 2.45) is 5.92 Å². The first-order valence-corrected chi connectivity index (χ1v) is 7.77. The van der Waals surface area contributed by atoms with E-state index in [-0.39, 0.29) is 17.9 Å². The van der Waals surface area contributed by atoms with Crippen LogP contribution in [0.15, 0.2) is 55.1 Å². The highest BCUT2D eigenvalue weighted by Gasteiger charge is 2.20. The number of benzene rings is 1. The van der Waals surface area contributed by atoms with E-state index in [1.54, 1.807) is 12.5 Å². The molecule has 1 amide bonds. The molecule has 0 saturated carbocycles. The minimum atomic E-state index is 0.0234. The summed E-state index contributed by atoms with van der Waals surface area (Å²) in [5.74, 6) is 0.285. The topological polar surface area (TPSA) is 46.9 Å². The van der Waals surface area contributed by atoms with Gasteiger partial charge >= 0.3 is 0 Å². The minimum absolute atomic E-state index is 0.0234. The van der Waals surface area contributed by atoms with Crippen LogP contribution in [0, 0.1) is 5.92 Å². The number of aromatic nitrogens is 2. The van der Waals surface area contributed by atoms with E-state index in [2.05, 4.69) is 34.6 Å². The average molecular weight is 295 g/mol. The van der Waals surface area contributed by atoms with Crippen LogP contribution in [0.4, 0.5) is 0 Å². The van der Waals surface area contributed by atoms with Crippen molar-refractivity contribution >= 4 is 5.91 Å². The van der Waals surface area contributed by atoms with Gasteiger partial charge in [-0.25, -0.2) is 4.98 Å². The Bertz CT molecular complexity index is 643. The number of nitrogens with zero attached hydrogens (tertiary/aromatic N) is 2. The van der Waals surface area contributed by atoms with E-state index >= 15 is 0 Å². The van der Waals surface area contributed by atoms with E-state index in [1.807, 2.05) is 29.8 Å². The fraction of sp³-hybridized carbons (Fsp3) is 0.333. The zero-order valence-corrected chi connectivity index (χ0v) is 12.8. The lowest BCUT2D eigenvalue weighted by atomic mass is 9.93. The second-order valence-corrected chi connectivity index (χ2v) is 5.77. The molecule has 0 fully saturated rings. The summed E-state index contributed by atoms with van der Waals surface area (Å²) in [5, 5.41) is 3.13. The SMILES string of the molecule is C[C@H](NC(=O)[C@H]1CC=CCC1)c1ccc(-n2ccnc2)cc1. The number of allylic oxidation sites excluding steroid dienone is 2. The lowest BCUT2D eigenvalue weighted by molar-refractivity contribution is -0.125. The van der Waals surface area contributed by atoms with Gasteiger partial charge < -0.3 is 9.88 Å². The van der Waals surface area contributed by atoms with E-state index in [1.165, 1.54) is 0 Å². The number of hydrogen-bond donors (Lipinski definition) is 1. The Morgan fingerprint density at radius 2 is 2.14 bits per heavy atom. The number of rotatable bonds is 4. The third kappa shape index (κ3) is 3.27. The highest BCUT2D eigenvalue weighted by atomic mass is 16.1. The maximum Gasteiger partial charge on any atom is 0.223 e. The van der Waals surface area contributed by atoms with Gasteiger partial charge in [-0.05, 0) is 43.9 Å². The maximum absolute atomic E-state index is 12.3. The number of carbonyl (C=O) groups is 1. The summed E-state index contributed by atoms with van der Waals surface area (Å²) in [5.41, 5.74) is 2.18. The summed E-state index contributed by atoms with van der Waals surface area (Å²) in [6, 6.07) is 8.23. The van der Waals surface area contributed by atoms with Gasteiger partial charge in [0, 0.05) is 24.0 Å². The Morgan fingerprint density at radius 3 is 2.77 bits per heavy atom. The molecule has 1 aromatic heterocycles. The van der Waals surface area contributed by atoms with Crippen LogP contribution in [0.5, 0.6) is 0 Å². The summed E-state index contributed by atoms with van der Waals surface area (Å²) in [6.07, 6.45) is 12.5. The van der Waals surface area contributed by atoms with Crippen molar-refractivity contribution in [2.75, 3.05) is 0 Å². The van der Waals surface area contributed by atoms with Gasteiger partial charge in [0.1, 0.15) is 0 Å². The molecule has 1 heterocycles. The van der Waals surface area contributed by atoms with Crippen molar-refractivity contribution in [1.29, 1.82) is 0 Å². The highest BCUT2D eigenvalue weighted by molar-refractivity contribution is 5.79. The van der Waals surface area contributed by atoms with Gasteiger partial charge in [0.15, 0.2) is 0 Å². The average Bonchev–Trinajstić information content (AvgIpc) is 3.10. The van der Waals surface area contributed by atoms with Gasteiger partial charge in [-0.3, -0.25) is 4.79 Å². The van der Waals surface area contributed by atoms with Crippen molar-refractivity contribution in [2.45, 2.75) is 32.2 Å². The van der Waals surface area contributed by atoms with Crippen molar-refractivity contribution in [3.8, 4) is 5.69 Å². The standard InChI is InChI=1S/C18H21N3O/c1-14(20-18(22)16-5-3-2-4-6-16)15-7-9-17(10-8-15)21-12-11-19-13-21/h2-3,7-14,16H,4-6H2,1H3,(H,20,22)/t14-,16-/m0/s1. The number of amides is 1. The smallest absolute Gasteiger partial charge is 0.223 e. The molecule has 1 N–H and O–H groups in total. The molecule has 0 spiro atoms. The zero-order valence-electron chi connectivity index (χ0n) is 12.8. The molecule has 0 radical (unpaired) electrons. The van der Waals surface area contributed by atoms with Gasteiger partial charge in [0.2, 0.25) is 5.91 Å². The van der Waals surface area contributed by atoms with Crippen LogP contribution in [-0.2, 0) is 4.79 Å². The molecule has 0 saturated heterocycles. The first kappa shape index (κ1) is 14.6. The lowest BCUT2D eigenvalue weighted by Crippen LogP contribution is -2.33. The number of imidazole rings is 1. The van der Waals surface area contributed by atoms with Crippen LogP contribution >= 0.6 is 0 Å². The molecule has 1 aliphatic carbocycles. The predicted molar refractivity (Wildman–Crippen MR) is 86.6 cm³/mol. The molecule has 1 aromatic carbocycles. The number of nitrogens with one attached hydrogen (secondary N) is 1. The van der Waals surface area contributed by atoms with Crippen LogP contribution in [0.25, 0.3) is 5.69 Å². The molecule has 22 heavy (non-hydrogen) atoms. The normalized spacial score (nSPS) is 18.9. The Balaban J connectivity index is 1.63. The van der Waals surface area contributed by atoms with Crippen molar-refractivity contribution in [1.82, 2.24) is 14.9 Å². The molecule has 114 valence electrons. The molecule has 0 bridgehead atoms. The molecular formula is C18H21N3O. The summed E-state index contributed by atoms with van der Waals surface area (Å²) in [4.78, 5) is 16.3. The molecule has 2 aromatic rings. The summed E-state index contributed by atoms with van der Waals surface area (Å²) < 4.78 is 1.96. The van der Waals surface area contributed by atoms with E-state index in [4.69, 9.17) is 0 Å². The Kier molecular flexibility index (Phi) is 4.37. The fourth-order valence-electron chi connectivity index (χ4n) is 2.79. The largest absolute Gasteiger partial charge is 0.349 e. The number of hydrogen-bond acceptors (Lipinski definition) is 2. The third-order valence-corrected chi connectivity index (χ3v) is 4.19. The van der Waals surface area contributed by atoms with Crippen LogP contribution in [0.3, 0.4) is 0 Å². The quantitative estimate of drug-likeness (QED) is 0.879. The maximum atomic E-state index is 12.3. The van der Waals surface area contributed by atoms with Crippen LogP contribution in [0.1, 0.15) is 37.8 Å². The summed E-state index contributed by atoms with van der Waals surface area (Å²) >= 11 is 0.